The van der Waals surface area contributed by atoms with Crippen LogP contribution >= 0.6 is 0 Å². The largest absolute Gasteiger partial charge is 0.324 e. The van der Waals surface area contributed by atoms with E-state index in [1.165, 1.54) is 29.7 Å². The van der Waals surface area contributed by atoms with Crippen molar-refractivity contribution in [2.24, 2.45) is 11.7 Å². The number of nitrogens with two attached hydrogens (primary N) is 1. The third-order valence-electron chi connectivity index (χ3n) is 3.96. The molecule has 1 saturated heterocycles. The van der Waals surface area contributed by atoms with Crippen molar-refractivity contribution < 1.29 is 0 Å². The lowest BCUT2D eigenvalue weighted by Crippen LogP contribution is -2.32. The van der Waals surface area contributed by atoms with Crippen LogP contribution in [0, 0.1) is 19.8 Å². The van der Waals surface area contributed by atoms with Crippen LogP contribution in [0.2, 0.25) is 0 Å². The highest BCUT2D eigenvalue weighted by molar-refractivity contribution is 5.29. The van der Waals surface area contributed by atoms with Crippen molar-refractivity contribution in [2.75, 3.05) is 13.1 Å². The molecule has 16 heavy (non-hydrogen) atoms. The van der Waals surface area contributed by atoms with E-state index in [0.29, 0.717) is 0 Å². The Hall–Kier alpha value is -0.860. The molecule has 0 amide bonds. The van der Waals surface area contributed by atoms with Crippen LogP contribution in [0.1, 0.15) is 23.1 Å². The minimum atomic E-state index is 0.179. The van der Waals surface area contributed by atoms with Crippen molar-refractivity contribution in [1.82, 2.24) is 4.90 Å². The molecule has 0 bridgehead atoms. The molecule has 1 aliphatic heterocycles. The Morgan fingerprint density at radius 3 is 2.56 bits per heavy atom. The van der Waals surface area contributed by atoms with Gasteiger partial charge in [-0.1, -0.05) is 29.3 Å². The van der Waals surface area contributed by atoms with Gasteiger partial charge in [0.1, 0.15) is 0 Å². The molecule has 1 aromatic carbocycles. The summed E-state index contributed by atoms with van der Waals surface area (Å²) in [4.78, 5) is 2.50. The van der Waals surface area contributed by atoms with E-state index in [4.69, 9.17) is 5.73 Å². The predicted octanol–water partition coefficient (Wildman–Crippen LogP) is 1.84. The number of likely N-dealkylation sites (tertiary alicyclic amines) is 1. The zero-order chi connectivity index (χ0) is 11.3. The molecular weight excluding hydrogens is 196 g/mol. The summed E-state index contributed by atoms with van der Waals surface area (Å²) in [6.07, 6.45) is 1.25. The first-order valence-corrected chi connectivity index (χ1v) is 6.14. The number of benzene rings is 1. The van der Waals surface area contributed by atoms with Crippen molar-refractivity contribution in [3.05, 3.63) is 34.9 Å². The fourth-order valence-electron chi connectivity index (χ4n) is 3.17. The molecule has 0 unspecified atom stereocenters. The first kappa shape index (κ1) is 10.3. The van der Waals surface area contributed by atoms with E-state index in [0.717, 1.165) is 19.0 Å². The normalized spacial score (nSPS) is 32.8. The van der Waals surface area contributed by atoms with Gasteiger partial charge in [-0.2, -0.15) is 0 Å². The summed E-state index contributed by atoms with van der Waals surface area (Å²) < 4.78 is 0. The summed E-state index contributed by atoms with van der Waals surface area (Å²) in [5.41, 5.74) is 10.6. The minimum absolute atomic E-state index is 0.179. The average Bonchev–Trinajstić information content (AvgIpc) is 2.63. The van der Waals surface area contributed by atoms with Crippen LogP contribution in [0.4, 0.5) is 0 Å². The van der Waals surface area contributed by atoms with Crippen LogP contribution in [0.3, 0.4) is 0 Å². The van der Waals surface area contributed by atoms with E-state index in [9.17, 15) is 0 Å². The van der Waals surface area contributed by atoms with E-state index in [2.05, 4.69) is 36.9 Å². The fraction of sp³-hybridized carbons (Fsp3) is 0.571. The van der Waals surface area contributed by atoms with Crippen LogP contribution in [-0.2, 0) is 6.54 Å². The van der Waals surface area contributed by atoms with Crippen molar-refractivity contribution in [3.8, 4) is 0 Å². The number of rotatable bonds is 2. The molecular formula is C14H20N2. The number of aryl methyl sites for hydroxylation is 2. The Morgan fingerprint density at radius 2 is 2.00 bits per heavy atom. The van der Waals surface area contributed by atoms with Gasteiger partial charge in [-0.15, -0.1) is 0 Å². The van der Waals surface area contributed by atoms with Gasteiger partial charge in [0.25, 0.3) is 0 Å². The highest BCUT2D eigenvalue weighted by atomic mass is 15.2. The number of hydrogen-bond donors (Lipinski definition) is 1. The third-order valence-corrected chi connectivity index (χ3v) is 3.96. The molecule has 2 heteroatoms. The Kier molecular flexibility index (Phi) is 2.13. The highest BCUT2D eigenvalue weighted by Gasteiger charge is 2.56. The molecule has 0 spiro atoms. The summed E-state index contributed by atoms with van der Waals surface area (Å²) >= 11 is 0. The van der Waals surface area contributed by atoms with Gasteiger partial charge in [0.15, 0.2) is 0 Å². The van der Waals surface area contributed by atoms with E-state index in [1.54, 1.807) is 0 Å². The van der Waals surface area contributed by atoms with Crippen LogP contribution in [0.25, 0.3) is 0 Å². The molecule has 2 atom stereocenters. The van der Waals surface area contributed by atoms with Gasteiger partial charge in [-0.05, 0) is 31.7 Å². The zero-order valence-corrected chi connectivity index (χ0v) is 10.2. The molecule has 1 aliphatic carbocycles. The van der Waals surface area contributed by atoms with Crippen LogP contribution in [0.5, 0.6) is 0 Å². The van der Waals surface area contributed by atoms with E-state index in [-0.39, 0.29) is 5.54 Å². The summed E-state index contributed by atoms with van der Waals surface area (Å²) in [5, 5.41) is 0. The maximum absolute atomic E-state index is 6.21. The van der Waals surface area contributed by atoms with Gasteiger partial charge < -0.3 is 5.73 Å². The highest BCUT2D eigenvalue weighted by Crippen LogP contribution is 2.47. The molecule has 0 radical (unpaired) electrons. The lowest BCUT2D eigenvalue weighted by atomic mass is 10.1. The number of fused-ring (bicyclic) bond motifs is 1. The third kappa shape index (κ3) is 1.76. The number of nitrogens with zero attached hydrogens (tertiary/aromatic N) is 1. The molecule has 86 valence electrons. The first-order chi connectivity index (χ1) is 7.55. The van der Waals surface area contributed by atoms with Gasteiger partial charge in [0.2, 0.25) is 0 Å². The van der Waals surface area contributed by atoms with Crippen LogP contribution in [-0.4, -0.2) is 23.5 Å². The summed E-state index contributed by atoms with van der Waals surface area (Å²) in [6.45, 7) is 7.69. The van der Waals surface area contributed by atoms with Crippen LogP contribution < -0.4 is 5.73 Å². The van der Waals surface area contributed by atoms with Crippen LogP contribution in [0.15, 0.2) is 18.2 Å². The van der Waals surface area contributed by atoms with Gasteiger partial charge in [0.05, 0.1) is 0 Å². The maximum Gasteiger partial charge on any atom is 0.0328 e. The molecule has 2 aliphatic rings. The maximum atomic E-state index is 6.21. The second-order valence-electron chi connectivity index (χ2n) is 5.80. The Bertz CT molecular complexity index is 406. The SMILES string of the molecule is Cc1cc(C)cc(CN2C[C@H]3C[C@]3(N)C2)c1. The van der Waals surface area contributed by atoms with Crippen molar-refractivity contribution in [2.45, 2.75) is 32.4 Å². The number of piperidine rings is 1. The van der Waals surface area contributed by atoms with Gasteiger partial charge >= 0.3 is 0 Å². The van der Waals surface area contributed by atoms with E-state index in [1.807, 2.05) is 0 Å². The predicted molar refractivity (Wildman–Crippen MR) is 66.2 cm³/mol. The molecule has 1 saturated carbocycles. The fourth-order valence-corrected chi connectivity index (χ4v) is 3.17. The smallest absolute Gasteiger partial charge is 0.0328 e. The first-order valence-electron chi connectivity index (χ1n) is 6.14. The second-order valence-corrected chi connectivity index (χ2v) is 5.80. The summed E-state index contributed by atoms with van der Waals surface area (Å²) in [5.74, 6) is 0.776. The standard InChI is InChI=1S/C14H20N2/c1-10-3-11(2)5-12(4-10)7-16-8-13-6-14(13,15)9-16/h3-5,13H,6-9,15H2,1-2H3/t13-,14+/m1/s1. The summed E-state index contributed by atoms with van der Waals surface area (Å²) in [7, 11) is 0. The van der Waals surface area contributed by atoms with E-state index >= 15 is 0 Å². The Labute approximate surface area is 97.4 Å². The molecule has 2 N–H and O–H groups in total. The van der Waals surface area contributed by atoms with Crippen molar-refractivity contribution >= 4 is 0 Å². The Morgan fingerprint density at radius 1 is 1.31 bits per heavy atom. The average molecular weight is 216 g/mol. The molecule has 1 aromatic rings. The molecule has 2 fully saturated rings. The topological polar surface area (TPSA) is 29.3 Å². The lowest BCUT2D eigenvalue weighted by Gasteiger charge is -2.19. The van der Waals surface area contributed by atoms with E-state index < -0.39 is 0 Å². The Balaban J connectivity index is 1.70. The lowest BCUT2D eigenvalue weighted by molar-refractivity contribution is 0.290. The summed E-state index contributed by atoms with van der Waals surface area (Å²) in [6, 6.07) is 6.82. The van der Waals surface area contributed by atoms with Gasteiger partial charge in [-0.3, -0.25) is 4.90 Å². The zero-order valence-electron chi connectivity index (χ0n) is 10.2. The van der Waals surface area contributed by atoms with Crippen molar-refractivity contribution in [1.29, 1.82) is 0 Å². The molecule has 0 aromatic heterocycles. The second kappa shape index (κ2) is 3.31. The monoisotopic (exact) mass is 216 g/mol. The molecule has 1 heterocycles. The molecule has 2 nitrogen and oxygen atoms in total. The van der Waals surface area contributed by atoms with Crippen molar-refractivity contribution in [3.63, 3.8) is 0 Å². The quantitative estimate of drug-likeness (QED) is 0.817. The number of hydrogen-bond acceptors (Lipinski definition) is 2. The van der Waals surface area contributed by atoms with Gasteiger partial charge in [-0.25, -0.2) is 0 Å². The molecule has 3 rings (SSSR count). The minimum Gasteiger partial charge on any atom is -0.324 e. The van der Waals surface area contributed by atoms with Gasteiger partial charge in [0, 0.05) is 25.2 Å².